The van der Waals surface area contributed by atoms with E-state index in [1.807, 2.05) is 42.5 Å². The first-order chi connectivity index (χ1) is 7.93. The summed E-state index contributed by atoms with van der Waals surface area (Å²) in [6, 6.07) is 9.73. The molecule has 0 bridgehead atoms. The smallest absolute Gasteiger partial charge is 0.394 e. The van der Waals surface area contributed by atoms with E-state index in [4.69, 9.17) is 22.3 Å². The van der Waals surface area contributed by atoms with E-state index in [9.17, 15) is 0 Å². The summed E-state index contributed by atoms with van der Waals surface area (Å²) in [6.45, 7) is 4.16. The van der Waals surface area contributed by atoms with Crippen molar-refractivity contribution in [1.82, 2.24) is 0 Å². The summed E-state index contributed by atoms with van der Waals surface area (Å²) in [5.74, 6) is 0.895. The average Bonchev–Trinajstić information content (AvgIpc) is 2.24. The first kappa shape index (κ1) is 18.7. The molecule has 0 saturated carbocycles. The number of ether oxygens (including phenoxy) is 1. The van der Waals surface area contributed by atoms with Gasteiger partial charge in [-0.15, -0.1) is 0 Å². The second kappa shape index (κ2) is 10.5. The van der Waals surface area contributed by atoms with Gasteiger partial charge in [0.15, 0.2) is 0 Å². The lowest BCUT2D eigenvalue weighted by Gasteiger charge is -2.00. The molecule has 1 rings (SSSR count). The Labute approximate surface area is 106 Å². The van der Waals surface area contributed by atoms with Gasteiger partial charge in [0.05, 0.1) is 0 Å². The summed E-state index contributed by atoms with van der Waals surface area (Å²) in [7, 11) is -4.67. The number of benzene rings is 1. The minimum Gasteiger partial charge on any atom is -0.490 e. The van der Waals surface area contributed by atoms with Gasteiger partial charge in [-0.25, -0.2) is 0 Å². The Balaban J connectivity index is 0. The second-order valence-electron chi connectivity index (χ2n) is 2.74. The highest BCUT2D eigenvalue weighted by Crippen LogP contribution is 2.07. The van der Waals surface area contributed by atoms with Crippen LogP contribution in [0.5, 0.6) is 5.75 Å². The Kier molecular flexibility index (Phi) is 10.9. The first-order valence-electron chi connectivity index (χ1n) is 4.59. The zero-order valence-corrected chi connectivity index (χ0v) is 10.4. The molecule has 1 aromatic rings. The molecule has 0 heterocycles. The fraction of sp³-hybridized carbons (Fsp3) is 0.0909. The Morgan fingerprint density at radius 3 is 2.17 bits per heavy atom. The van der Waals surface area contributed by atoms with Crippen LogP contribution < -0.4 is 4.74 Å². The van der Waals surface area contributed by atoms with E-state index in [1.165, 1.54) is 0 Å². The maximum atomic E-state index is 8.74. The quantitative estimate of drug-likeness (QED) is 0.635. The molecule has 1 aromatic carbocycles. The topological polar surface area (TPSA) is 115 Å². The van der Waals surface area contributed by atoms with Gasteiger partial charge in [-0.2, -0.15) is 8.42 Å². The van der Waals surface area contributed by atoms with E-state index in [-0.39, 0.29) is 5.48 Å². The normalized spacial score (nSPS) is 9.89. The molecule has 0 fully saturated rings. The van der Waals surface area contributed by atoms with Gasteiger partial charge < -0.3 is 10.2 Å². The molecule has 6 nitrogen and oxygen atoms in total. The molecule has 0 aromatic heterocycles. The Bertz CT molecular complexity index is 430. The van der Waals surface area contributed by atoms with E-state index >= 15 is 0 Å². The molecule has 102 valence electrons. The number of rotatable bonds is 4. The van der Waals surface area contributed by atoms with Crippen molar-refractivity contribution >= 4 is 10.4 Å². The predicted octanol–water partition coefficient (Wildman–Crippen LogP) is 1.33. The van der Waals surface area contributed by atoms with Gasteiger partial charge in [0.1, 0.15) is 12.4 Å². The third-order valence-electron chi connectivity index (χ3n) is 1.36. The van der Waals surface area contributed by atoms with Crippen molar-refractivity contribution in [1.29, 1.82) is 0 Å². The van der Waals surface area contributed by atoms with Crippen LogP contribution in [-0.2, 0) is 10.4 Å². The zero-order chi connectivity index (χ0) is 13.1. The van der Waals surface area contributed by atoms with Crippen LogP contribution in [0, 0.1) is 0 Å². The molecule has 0 amide bonds. The van der Waals surface area contributed by atoms with Crippen molar-refractivity contribution in [3.05, 3.63) is 55.1 Å². The van der Waals surface area contributed by atoms with Crippen molar-refractivity contribution < 1.29 is 27.7 Å². The third kappa shape index (κ3) is 16.7. The summed E-state index contributed by atoms with van der Waals surface area (Å²) >= 11 is 0. The van der Waals surface area contributed by atoms with E-state index in [2.05, 4.69) is 6.58 Å². The average molecular weight is 276 g/mol. The molecule has 0 atom stereocenters. The molecule has 0 aliphatic carbocycles. The van der Waals surface area contributed by atoms with E-state index in [0.29, 0.717) is 6.61 Å². The summed E-state index contributed by atoms with van der Waals surface area (Å²) < 4.78 is 37.0. The van der Waals surface area contributed by atoms with Crippen LogP contribution in [0.15, 0.2) is 55.1 Å². The lowest BCUT2D eigenvalue weighted by molar-refractivity contribution is 0.363. The van der Waals surface area contributed by atoms with Gasteiger partial charge in [-0.3, -0.25) is 9.11 Å². The molecular formula is C11H16O6S. The standard InChI is InChI=1S/C11H12O.H2O4S.H2O/c1-2-3-7-10-12-11-8-5-4-6-9-11;1-5(2,3)4;/h2-9H,1,10H2;(H2,1,2,3,4);1H2. The SMILES string of the molecule is C=CC=CCOc1ccccc1.O.O=S(=O)(O)O. The largest absolute Gasteiger partial charge is 0.490 e. The van der Waals surface area contributed by atoms with Crippen LogP contribution >= 0.6 is 0 Å². The summed E-state index contributed by atoms with van der Waals surface area (Å²) in [5, 5.41) is 0. The van der Waals surface area contributed by atoms with Crippen LogP contribution in [0.25, 0.3) is 0 Å². The molecule has 18 heavy (non-hydrogen) atoms. The van der Waals surface area contributed by atoms with Crippen molar-refractivity contribution in [2.24, 2.45) is 0 Å². The fourth-order valence-corrected chi connectivity index (χ4v) is 0.813. The van der Waals surface area contributed by atoms with Crippen molar-refractivity contribution in [2.45, 2.75) is 0 Å². The van der Waals surface area contributed by atoms with Crippen molar-refractivity contribution in [3.8, 4) is 5.75 Å². The van der Waals surface area contributed by atoms with Crippen LogP contribution in [-0.4, -0.2) is 29.6 Å². The molecule has 0 radical (unpaired) electrons. The first-order valence-corrected chi connectivity index (χ1v) is 5.98. The van der Waals surface area contributed by atoms with E-state index in [0.717, 1.165) is 5.75 Å². The molecule has 0 unspecified atom stereocenters. The highest BCUT2D eigenvalue weighted by atomic mass is 32.3. The Morgan fingerprint density at radius 1 is 1.22 bits per heavy atom. The minimum absolute atomic E-state index is 0. The molecule has 0 saturated heterocycles. The minimum atomic E-state index is -4.67. The molecule has 0 spiro atoms. The van der Waals surface area contributed by atoms with Crippen molar-refractivity contribution in [2.75, 3.05) is 6.61 Å². The van der Waals surface area contributed by atoms with Gasteiger partial charge in [0, 0.05) is 0 Å². The third-order valence-corrected chi connectivity index (χ3v) is 1.36. The Hall–Kier alpha value is -1.67. The zero-order valence-electron chi connectivity index (χ0n) is 9.56. The summed E-state index contributed by atoms with van der Waals surface area (Å²) in [6.07, 6.45) is 5.51. The fourth-order valence-electron chi connectivity index (χ4n) is 0.813. The maximum Gasteiger partial charge on any atom is 0.394 e. The maximum absolute atomic E-state index is 8.74. The van der Waals surface area contributed by atoms with Crippen LogP contribution in [0.4, 0.5) is 0 Å². The predicted molar refractivity (Wildman–Crippen MR) is 69.1 cm³/mol. The van der Waals surface area contributed by atoms with Gasteiger partial charge in [0.2, 0.25) is 0 Å². The van der Waals surface area contributed by atoms with E-state index < -0.39 is 10.4 Å². The highest BCUT2D eigenvalue weighted by molar-refractivity contribution is 7.79. The van der Waals surface area contributed by atoms with Gasteiger partial charge in [0.25, 0.3) is 0 Å². The number of hydrogen-bond acceptors (Lipinski definition) is 3. The van der Waals surface area contributed by atoms with E-state index in [1.54, 1.807) is 6.08 Å². The van der Waals surface area contributed by atoms with Crippen LogP contribution in [0.1, 0.15) is 0 Å². The van der Waals surface area contributed by atoms with Gasteiger partial charge >= 0.3 is 10.4 Å². The lowest BCUT2D eigenvalue weighted by atomic mass is 10.3. The van der Waals surface area contributed by atoms with Crippen LogP contribution in [0.2, 0.25) is 0 Å². The molecule has 0 aliphatic heterocycles. The lowest BCUT2D eigenvalue weighted by Crippen LogP contribution is -1.91. The number of hydrogen-bond donors (Lipinski definition) is 2. The number of allylic oxidation sites excluding steroid dienone is 2. The van der Waals surface area contributed by atoms with Crippen molar-refractivity contribution in [3.63, 3.8) is 0 Å². The summed E-state index contributed by atoms with van der Waals surface area (Å²) in [5.41, 5.74) is 0. The van der Waals surface area contributed by atoms with Gasteiger partial charge in [-0.1, -0.05) is 36.9 Å². The number of para-hydroxylation sites is 1. The molecular weight excluding hydrogens is 260 g/mol. The molecule has 0 aliphatic rings. The Morgan fingerprint density at radius 2 is 1.72 bits per heavy atom. The molecule has 7 heteroatoms. The highest BCUT2D eigenvalue weighted by Gasteiger charge is 1.86. The molecule has 4 N–H and O–H groups in total. The van der Waals surface area contributed by atoms with Gasteiger partial charge in [-0.05, 0) is 18.2 Å². The second-order valence-corrected chi connectivity index (χ2v) is 3.63. The monoisotopic (exact) mass is 276 g/mol. The summed E-state index contributed by atoms with van der Waals surface area (Å²) in [4.78, 5) is 0. The van der Waals surface area contributed by atoms with Crippen LogP contribution in [0.3, 0.4) is 0 Å².